The second-order valence-electron chi connectivity index (χ2n) is 7.76. The number of hydrogen-bond donors (Lipinski definition) is 0. The van der Waals surface area contributed by atoms with Crippen LogP contribution in [0.1, 0.15) is 46.0 Å². The molecule has 142 valence electrons. The molecule has 7 nitrogen and oxygen atoms in total. The van der Waals surface area contributed by atoms with E-state index in [2.05, 4.69) is 65.2 Å². The van der Waals surface area contributed by atoms with Crippen LogP contribution in [0.3, 0.4) is 0 Å². The molecule has 1 aliphatic heterocycles. The van der Waals surface area contributed by atoms with Gasteiger partial charge in [-0.3, -0.25) is 4.90 Å². The highest BCUT2D eigenvalue weighted by molar-refractivity contribution is 5.49. The molecule has 0 spiro atoms. The van der Waals surface area contributed by atoms with Crippen molar-refractivity contribution < 1.29 is 4.74 Å². The van der Waals surface area contributed by atoms with E-state index in [0.29, 0.717) is 0 Å². The average Bonchev–Trinajstić information content (AvgIpc) is 3.13. The Morgan fingerprint density at radius 2 is 1.73 bits per heavy atom. The van der Waals surface area contributed by atoms with Gasteiger partial charge >= 0.3 is 0 Å². The number of hydrogen-bond acceptors (Lipinski definition) is 6. The smallest absolute Gasteiger partial charge is 0.168 e. The van der Waals surface area contributed by atoms with Gasteiger partial charge in [0.25, 0.3) is 0 Å². The molecule has 1 unspecified atom stereocenters. The number of tetrazole rings is 1. The van der Waals surface area contributed by atoms with Gasteiger partial charge in [0, 0.05) is 31.9 Å². The van der Waals surface area contributed by atoms with Gasteiger partial charge in [0.1, 0.15) is 5.75 Å². The summed E-state index contributed by atoms with van der Waals surface area (Å²) in [6.07, 6.45) is 0.999. The van der Waals surface area contributed by atoms with Crippen molar-refractivity contribution in [2.75, 3.05) is 38.2 Å². The summed E-state index contributed by atoms with van der Waals surface area (Å²) in [6.45, 7) is 12.6. The molecular weight excluding hydrogens is 328 g/mol. The zero-order valence-corrected chi connectivity index (χ0v) is 16.5. The largest absolute Gasteiger partial charge is 0.497 e. The Bertz CT molecular complexity index is 698. The molecule has 7 heteroatoms. The van der Waals surface area contributed by atoms with Crippen LogP contribution in [0.5, 0.6) is 5.75 Å². The highest BCUT2D eigenvalue weighted by Gasteiger charge is 2.30. The van der Waals surface area contributed by atoms with Gasteiger partial charge in [-0.2, -0.15) is 0 Å². The Morgan fingerprint density at radius 1 is 1.08 bits per heavy atom. The van der Waals surface area contributed by atoms with Gasteiger partial charge in [-0.05, 0) is 61.9 Å². The lowest BCUT2D eigenvalue weighted by Crippen LogP contribution is -2.48. The van der Waals surface area contributed by atoms with Gasteiger partial charge in [-0.25, -0.2) is 4.68 Å². The molecule has 0 radical (unpaired) electrons. The number of benzene rings is 1. The minimum absolute atomic E-state index is 0.114. The third-order valence-corrected chi connectivity index (χ3v) is 5.01. The van der Waals surface area contributed by atoms with Gasteiger partial charge in [0.2, 0.25) is 0 Å². The zero-order chi connectivity index (χ0) is 18.7. The fraction of sp³-hybridized carbons (Fsp3) is 0.632. The lowest BCUT2D eigenvalue weighted by atomic mass is 10.1. The maximum atomic E-state index is 5.25. The van der Waals surface area contributed by atoms with E-state index in [1.165, 1.54) is 5.69 Å². The number of rotatable bonds is 5. The Balaban J connectivity index is 1.69. The van der Waals surface area contributed by atoms with E-state index in [1.807, 2.05) is 16.8 Å². The first-order valence-corrected chi connectivity index (χ1v) is 9.36. The van der Waals surface area contributed by atoms with Crippen LogP contribution in [0, 0.1) is 0 Å². The van der Waals surface area contributed by atoms with Crippen LogP contribution < -0.4 is 9.64 Å². The summed E-state index contributed by atoms with van der Waals surface area (Å²) < 4.78 is 7.22. The summed E-state index contributed by atoms with van der Waals surface area (Å²) >= 11 is 0. The molecule has 2 heterocycles. The minimum Gasteiger partial charge on any atom is -0.497 e. The van der Waals surface area contributed by atoms with Crippen LogP contribution in [0.2, 0.25) is 0 Å². The standard InChI is InChI=1S/C19H30N6O/c1-6-17(18-20-21-22-25(18)19(2,3)4)24-13-11-23(12-14-24)15-7-9-16(26-5)10-8-15/h7-10,17H,6,11-14H2,1-5H3. The van der Waals surface area contributed by atoms with Gasteiger partial charge in [0.15, 0.2) is 5.82 Å². The minimum atomic E-state index is -0.114. The molecule has 0 saturated carbocycles. The molecule has 0 amide bonds. The van der Waals surface area contributed by atoms with Crippen molar-refractivity contribution in [2.45, 2.75) is 45.7 Å². The molecule has 1 aromatic heterocycles. The molecule has 0 aliphatic carbocycles. The van der Waals surface area contributed by atoms with Crippen molar-refractivity contribution in [2.24, 2.45) is 0 Å². The Morgan fingerprint density at radius 3 is 2.27 bits per heavy atom. The normalized spacial score (nSPS) is 17.3. The topological polar surface area (TPSA) is 59.3 Å². The van der Waals surface area contributed by atoms with Crippen LogP contribution in [-0.2, 0) is 5.54 Å². The van der Waals surface area contributed by atoms with Crippen molar-refractivity contribution in [1.29, 1.82) is 0 Å². The predicted molar refractivity (Wildman–Crippen MR) is 103 cm³/mol. The summed E-state index contributed by atoms with van der Waals surface area (Å²) in [5.74, 6) is 1.87. The molecule has 1 saturated heterocycles. The second-order valence-corrected chi connectivity index (χ2v) is 7.76. The monoisotopic (exact) mass is 358 g/mol. The first-order chi connectivity index (χ1) is 12.4. The maximum Gasteiger partial charge on any atom is 0.168 e. The van der Waals surface area contributed by atoms with Crippen LogP contribution >= 0.6 is 0 Å². The van der Waals surface area contributed by atoms with Crippen LogP contribution in [0.4, 0.5) is 5.69 Å². The molecule has 0 N–H and O–H groups in total. The Labute approximate surface area is 155 Å². The Hall–Kier alpha value is -2.15. The number of piperazine rings is 1. The highest BCUT2D eigenvalue weighted by Crippen LogP contribution is 2.28. The average molecular weight is 358 g/mol. The number of methoxy groups -OCH3 is 1. The number of aromatic nitrogens is 4. The van der Waals surface area contributed by atoms with E-state index in [4.69, 9.17) is 4.74 Å². The van der Waals surface area contributed by atoms with Gasteiger partial charge in [0.05, 0.1) is 18.7 Å². The second kappa shape index (κ2) is 7.61. The molecule has 1 fully saturated rings. The van der Waals surface area contributed by atoms with Crippen molar-refractivity contribution >= 4 is 5.69 Å². The summed E-state index contributed by atoms with van der Waals surface area (Å²) in [6, 6.07) is 8.56. The first kappa shape index (κ1) is 18.6. The quantitative estimate of drug-likeness (QED) is 0.819. The first-order valence-electron chi connectivity index (χ1n) is 9.36. The van der Waals surface area contributed by atoms with E-state index < -0.39 is 0 Å². The van der Waals surface area contributed by atoms with E-state index >= 15 is 0 Å². The molecule has 2 aromatic rings. The summed E-state index contributed by atoms with van der Waals surface area (Å²) in [4.78, 5) is 4.93. The maximum absolute atomic E-state index is 5.25. The SMILES string of the molecule is CCC(c1nnnn1C(C)(C)C)N1CCN(c2ccc(OC)cc2)CC1. The van der Waals surface area contributed by atoms with E-state index in [0.717, 1.165) is 44.2 Å². The lowest BCUT2D eigenvalue weighted by Gasteiger charge is -2.40. The molecule has 26 heavy (non-hydrogen) atoms. The molecule has 1 aliphatic rings. The molecule has 1 atom stereocenters. The van der Waals surface area contributed by atoms with E-state index in [9.17, 15) is 0 Å². The molecule has 3 rings (SSSR count). The van der Waals surface area contributed by atoms with Crippen molar-refractivity contribution in [3.8, 4) is 5.75 Å². The lowest BCUT2D eigenvalue weighted by molar-refractivity contribution is 0.161. The van der Waals surface area contributed by atoms with Crippen molar-refractivity contribution in [3.63, 3.8) is 0 Å². The molecule has 1 aromatic carbocycles. The van der Waals surface area contributed by atoms with Gasteiger partial charge in [-0.1, -0.05) is 6.92 Å². The van der Waals surface area contributed by atoms with Crippen LogP contribution in [0.25, 0.3) is 0 Å². The number of anilines is 1. The van der Waals surface area contributed by atoms with Gasteiger partial charge in [-0.15, -0.1) is 5.10 Å². The van der Waals surface area contributed by atoms with E-state index in [1.54, 1.807) is 7.11 Å². The fourth-order valence-electron chi connectivity index (χ4n) is 3.57. The number of nitrogens with zero attached hydrogens (tertiary/aromatic N) is 6. The summed E-state index contributed by atoms with van der Waals surface area (Å²) in [7, 11) is 1.70. The van der Waals surface area contributed by atoms with Gasteiger partial charge < -0.3 is 9.64 Å². The fourth-order valence-corrected chi connectivity index (χ4v) is 3.57. The zero-order valence-electron chi connectivity index (χ0n) is 16.5. The Kier molecular flexibility index (Phi) is 5.46. The third-order valence-electron chi connectivity index (χ3n) is 5.01. The third kappa shape index (κ3) is 3.82. The van der Waals surface area contributed by atoms with Crippen LogP contribution in [0.15, 0.2) is 24.3 Å². The molecular formula is C19H30N6O. The molecule has 0 bridgehead atoms. The predicted octanol–water partition coefficient (Wildman–Crippen LogP) is 2.71. The summed E-state index contributed by atoms with van der Waals surface area (Å²) in [5.41, 5.74) is 1.13. The van der Waals surface area contributed by atoms with E-state index in [-0.39, 0.29) is 11.6 Å². The highest BCUT2D eigenvalue weighted by atomic mass is 16.5. The van der Waals surface area contributed by atoms with Crippen molar-refractivity contribution in [3.05, 3.63) is 30.1 Å². The van der Waals surface area contributed by atoms with Crippen LogP contribution in [-0.4, -0.2) is 58.4 Å². The summed E-state index contributed by atoms with van der Waals surface area (Å²) in [5, 5.41) is 12.5. The van der Waals surface area contributed by atoms with Crippen molar-refractivity contribution in [1.82, 2.24) is 25.1 Å². The number of ether oxygens (including phenoxy) is 1.